The van der Waals surface area contributed by atoms with Crippen LogP contribution in [0.1, 0.15) is 48.6 Å². The van der Waals surface area contributed by atoms with Gasteiger partial charge in [-0.05, 0) is 63.7 Å². The van der Waals surface area contributed by atoms with Crippen LogP contribution in [0, 0.1) is 13.8 Å². The topological polar surface area (TPSA) is 42.3 Å². The van der Waals surface area contributed by atoms with Gasteiger partial charge >= 0.3 is 0 Å². The van der Waals surface area contributed by atoms with Crippen molar-refractivity contribution in [3.8, 4) is 0 Å². The lowest BCUT2D eigenvalue weighted by Crippen LogP contribution is -2.35. The Morgan fingerprint density at radius 1 is 1.31 bits per heavy atom. The third-order valence-corrected chi connectivity index (χ3v) is 5.47. The maximum Gasteiger partial charge on any atom is 0.170 e. The summed E-state index contributed by atoms with van der Waals surface area (Å²) in [5.74, 6) is 0. The molecule has 5 nitrogen and oxygen atoms in total. The number of aryl methyl sites for hydroxylation is 1. The molecule has 0 bridgehead atoms. The number of nitrogens with zero attached hydrogens (tertiary/aromatic N) is 3. The molecule has 2 aromatic heterocycles. The molecule has 1 saturated heterocycles. The van der Waals surface area contributed by atoms with E-state index in [9.17, 15) is 0 Å². The van der Waals surface area contributed by atoms with Gasteiger partial charge in [0.1, 0.15) is 0 Å². The molecule has 0 aliphatic carbocycles. The van der Waals surface area contributed by atoms with Gasteiger partial charge in [-0.25, -0.2) is 0 Å². The number of methoxy groups -OCH3 is 1. The SMILES string of the molecule is COCCn1c(C)cc([C@H]2[C@@H](c3ccccn3)NC(=S)N2C(C)C)c1C. The first kappa shape index (κ1) is 18.9. The Labute approximate surface area is 161 Å². The molecule has 140 valence electrons. The molecule has 3 heterocycles. The van der Waals surface area contributed by atoms with Gasteiger partial charge in [0.25, 0.3) is 0 Å². The molecular formula is C20H28N4OS. The number of ether oxygens (including phenoxy) is 1. The van der Waals surface area contributed by atoms with Crippen molar-refractivity contribution in [3.05, 3.63) is 53.1 Å². The van der Waals surface area contributed by atoms with Crippen molar-refractivity contribution >= 4 is 17.3 Å². The van der Waals surface area contributed by atoms with Crippen molar-refractivity contribution in [3.63, 3.8) is 0 Å². The molecule has 2 aromatic rings. The average molecular weight is 373 g/mol. The lowest BCUT2D eigenvalue weighted by atomic mass is 9.96. The smallest absolute Gasteiger partial charge is 0.170 e. The predicted molar refractivity (Wildman–Crippen MR) is 108 cm³/mol. The number of nitrogens with one attached hydrogen (secondary N) is 1. The zero-order chi connectivity index (χ0) is 18.8. The lowest BCUT2D eigenvalue weighted by Gasteiger charge is -2.31. The molecule has 1 aliphatic rings. The van der Waals surface area contributed by atoms with Crippen LogP contribution in [0.2, 0.25) is 0 Å². The monoisotopic (exact) mass is 372 g/mol. The van der Waals surface area contributed by atoms with Gasteiger partial charge in [-0.2, -0.15) is 0 Å². The fourth-order valence-corrected chi connectivity index (χ4v) is 4.36. The fraction of sp³-hybridized carbons (Fsp3) is 0.500. The van der Waals surface area contributed by atoms with Gasteiger partial charge in [0.05, 0.1) is 24.4 Å². The second-order valence-electron chi connectivity index (χ2n) is 7.10. The highest BCUT2D eigenvalue weighted by Crippen LogP contribution is 2.41. The minimum Gasteiger partial charge on any atom is -0.383 e. The van der Waals surface area contributed by atoms with Crippen LogP contribution in [0.4, 0.5) is 0 Å². The predicted octanol–water partition coefficient (Wildman–Crippen LogP) is 3.53. The number of rotatable bonds is 6. The summed E-state index contributed by atoms with van der Waals surface area (Å²) in [6.07, 6.45) is 1.84. The van der Waals surface area contributed by atoms with Gasteiger partial charge in [-0.3, -0.25) is 4.98 Å². The van der Waals surface area contributed by atoms with E-state index >= 15 is 0 Å². The summed E-state index contributed by atoms with van der Waals surface area (Å²) < 4.78 is 7.61. The third kappa shape index (κ3) is 3.35. The Morgan fingerprint density at radius 3 is 2.69 bits per heavy atom. The highest BCUT2D eigenvalue weighted by molar-refractivity contribution is 7.80. The summed E-state index contributed by atoms with van der Waals surface area (Å²) in [6.45, 7) is 10.3. The normalized spacial score (nSPS) is 20.1. The van der Waals surface area contributed by atoms with Crippen LogP contribution in [-0.2, 0) is 11.3 Å². The molecule has 0 spiro atoms. The van der Waals surface area contributed by atoms with Crippen molar-refractivity contribution < 1.29 is 4.74 Å². The van der Waals surface area contributed by atoms with Crippen LogP contribution in [0.3, 0.4) is 0 Å². The van der Waals surface area contributed by atoms with Gasteiger partial charge in [-0.15, -0.1) is 0 Å². The number of thiocarbonyl (C=S) groups is 1. The largest absolute Gasteiger partial charge is 0.383 e. The van der Waals surface area contributed by atoms with Crippen LogP contribution < -0.4 is 5.32 Å². The van der Waals surface area contributed by atoms with Crippen LogP contribution in [-0.4, -0.2) is 39.3 Å². The van der Waals surface area contributed by atoms with Crippen LogP contribution >= 0.6 is 12.2 Å². The van der Waals surface area contributed by atoms with E-state index in [0.717, 1.165) is 17.4 Å². The standard InChI is InChI=1S/C20H28N4OS/c1-13(2)24-19(16-12-14(3)23(15(16)4)10-11-25-5)18(22-20(24)26)17-8-6-7-9-21-17/h6-9,12-13,18-19H,10-11H2,1-5H3,(H,22,26)/t18-,19+/m1/s1. The maximum atomic E-state index is 5.68. The highest BCUT2D eigenvalue weighted by atomic mass is 32.1. The van der Waals surface area contributed by atoms with Crippen LogP contribution in [0.25, 0.3) is 0 Å². The first-order valence-corrected chi connectivity index (χ1v) is 9.51. The Balaban J connectivity index is 2.07. The Hall–Kier alpha value is -1.92. The van der Waals surface area contributed by atoms with E-state index < -0.39 is 0 Å². The number of hydrogen-bond acceptors (Lipinski definition) is 3. The van der Waals surface area contributed by atoms with Crippen molar-refractivity contribution in [2.24, 2.45) is 0 Å². The minimum absolute atomic E-state index is 0.0440. The quantitative estimate of drug-likeness (QED) is 0.786. The summed E-state index contributed by atoms with van der Waals surface area (Å²) in [6, 6.07) is 8.81. The fourth-order valence-electron chi connectivity index (χ4n) is 3.91. The van der Waals surface area contributed by atoms with E-state index in [4.69, 9.17) is 17.0 Å². The van der Waals surface area contributed by atoms with Crippen molar-refractivity contribution in [1.82, 2.24) is 19.8 Å². The summed E-state index contributed by atoms with van der Waals surface area (Å²) in [5.41, 5.74) is 4.83. The first-order valence-electron chi connectivity index (χ1n) is 9.11. The maximum absolute atomic E-state index is 5.68. The number of aromatic nitrogens is 2. The van der Waals surface area contributed by atoms with Gasteiger partial charge in [0.2, 0.25) is 0 Å². The van der Waals surface area contributed by atoms with Gasteiger partial charge < -0.3 is 19.5 Å². The summed E-state index contributed by atoms with van der Waals surface area (Å²) in [5, 5.41) is 4.30. The molecule has 6 heteroatoms. The summed E-state index contributed by atoms with van der Waals surface area (Å²) in [4.78, 5) is 6.90. The Bertz CT molecular complexity index is 772. The second-order valence-corrected chi connectivity index (χ2v) is 7.49. The highest BCUT2D eigenvalue weighted by Gasteiger charge is 2.42. The molecule has 1 fully saturated rings. The molecule has 1 N–H and O–H groups in total. The van der Waals surface area contributed by atoms with E-state index in [0.29, 0.717) is 12.6 Å². The molecule has 1 aliphatic heterocycles. The minimum atomic E-state index is 0.0440. The Morgan fingerprint density at radius 2 is 2.08 bits per heavy atom. The van der Waals surface area contributed by atoms with Crippen molar-refractivity contribution in [1.29, 1.82) is 0 Å². The van der Waals surface area contributed by atoms with Crippen LogP contribution in [0.15, 0.2) is 30.5 Å². The molecule has 0 aromatic carbocycles. The average Bonchev–Trinajstić information content (AvgIpc) is 3.10. The molecule has 0 saturated carbocycles. The summed E-state index contributed by atoms with van der Waals surface area (Å²) in [7, 11) is 1.74. The zero-order valence-corrected chi connectivity index (χ0v) is 17.0. The lowest BCUT2D eigenvalue weighted by molar-refractivity contribution is 0.186. The van der Waals surface area contributed by atoms with E-state index in [2.05, 4.69) is 59.6 Å². The zero-order valence-electron chi connectivity index (χ0n) is 16.2. The molecule has 3 rings (SSSR count). The molecule has 0 unspecified atom stereocenters. The van der Waals surface area contributed by atoms with E-state index in [1.54, 1.807) is 7.11 Å². The van der Waals surface area contributed by atoms with Crippen molar-refractivity contribution in [2.75, 3.05) is 13.7 Å². The number of hydrogen-bond donors (Lipinski definition) is 1. The molecule has 26 heavy (non-hydrogen) atoms. The molecular weight excluding hydrogens is 344 g/mol. The first-order chi connectivity index (χ1) is 12.5. The van der Waals surface area contributed by atoms with E-state index in [-0.39, 0.29) is 12.1 Å². The molecule has 2 atom stereocenters. The van der Waals surface area contributed by atoms with E-state index in [1.165, 1.54) is 17.0 Å². The van der Waals surface area contributed by atoms with E-state index in [1.807, 2.05) is 18.3 Å². The second kappa shape index (κ2) is 7.76. The number of pyridine rings is 1. The van der Waals surface area contributed by atoms with Gasteiger partial charge in [0, 0.05) is 37.3 Å². The Kier molecular flexibility index (Phi) is 5.63. The van der Waals surface area contributed by atoms with Crippen LogP contribution in [0.5, 0.6) is 0 Å². The molecule has 0 amide bonds. The molecule has 0 radical (unpaired) electrons. The third-order valence-electron chi connectivity index (χ3n) is 5.14. The summed E-state index contributed by atoms with van der Waals surface area (Å²) >= 11 is 5.68. The van der Waals surface area contributed by atoms with Gasteiger partial charge in [0.15, 0.2) is 5.11 Å². The van der Waals surface area contributed by atoms with Gasteiger partial charge in [-0.1, -0.05) is 6.07 Å². The van der Waals surface area contributed by atoms with Crippen molar-refractivity contribution in [2.45, 2.75) is 52.4 Å².